The van der Waals surface area contributed by atoms with Crippen molar-refractivity contribution < 1.29 is 28.1 Å². The molecule has 2 N–H and O–H groups in total. The van der Waals surface area contributed by atoms with Crippen LogP contribution >= 0.6 is 11.6 Å². The Bertz CT molecular complexity index is 1740. The fourth-order valence-corrected chi connectivity index (χ4v) is 4.68. The van der Waals surface area contributed by atoms with E-state index in [0.717, 1.165) is 5.56 Å². The smallest absolute Gasteiger partial charge is 0.336 e. The first-order chi connectivity index (χ1) is 20.4. The second kappa shape index (κ2) is 12.5. The van der Waals surface area contributed by atoms with E-state index < -0.39 is 11.9 Å². The van der Waals surface area contributed by atoms with Crippen LogP contribution in [-0.2, 0) is 11.4 Å². The molecule has 0 spiro atoms. The number of allylic oxidation sites excluding steroid dienone is 1. The summed E-state index contributed by atoms with van der Waals surface area (Å²) in [6, 6.07) is 25.5. The number of hydrogen-bond donors (Lipinski definition) is 1. The van der Waals surface area contributed by atoms with Gasteiger partial charge >= 0.3 is 5.97 Å². The number of hydrogen-bond acceptors (Lipinski definition) is 7. The van der Waals surface area contributed by atoms with Gasteiger partial charge in [0.15, 0.2) is 11.5 Å². The lowest BCUT2D eigenvalue weighted by molar-refractivity contribution is -0.128. The van der Waals surface area contributed by atoms with E-state index >= 15 is 0 Å². The van der Waals surface area contributed by atoms with E-state index in [4.69, 9.17) is 36.3 Å². The molecule has 5 rings (SSSR count). The quantitative estimate of drug-likeness (QED) is 0.137. The zero-order valence-electron chi connectivity index (χ0n) is 22.3. The Kier molecular flexibility index (Phi) is 8.42. The van der Waals surface area contributed by atoms with E-state index in [-0.39, 0.29) is 29.6 Å². The minimum absolute atomic E-state index is 0.0623. The molecule has 1 heterocycles. The van der Waals surface area contributed by atoms with E-state index in [9.17, 15) is 14.4 Å². The minimum Gasteiger partial charge on any atom is -0.493 e. The average Bonchev–Trinajstić information content (AvgIpc) is 2.99. The summed E-state index contributed by atoms with van der Waals surface area (Å²) in [6.45, 7) is 0.210. The van der Waals surface area contributed by atoms with Crippen LogP contribution in [0.15, 0.2) is 102 Å². The molecule has 42 heavy (non-hydrogen) atoms. The lowest BCUT2D eigenvalue weighted by Crippen LogP contribution is -2.21. The van der Waals surface area contributed by atoms with Crippen LogP contribution in [0.25, 0.3) is 6.08 Å². The van der Waals surface area contributed by atoms with E-state index in [2.05, 4.69) is 6.07 Å². The molecule has 9 heteroatoms. The van der Waals surface area contributed by atoms with Crippen molar-refractivity contribution in [1.82, 2.24) is 0 Å². The lowest BCUT2D eigenvalue weighted by Gasteiger charge is -2.27. The van der Waals surface area contributed by atoms with E-state index in [0.29, 0.717) is 39.0 Å². The number of fused-ring (bicyclic) bond motifs is 1. The van der Waals surface area contributed by atoms with Gasteiger partial charge in [-0.25, -0.2) is 9.18 Å². The number of methoxy groups -OCH3 is 1. The first-order valence-electron chi connectivity index (χ1n) is 12.8. The Morgan fingerprint density at radius 2 is 1.86 bits per heavy atom. The number of nitrogens with zero attached hydrogens (tertiary/aromatic N) is 1. The molecule has 0 amide bonds. The van der Waals surface area contributed by atoms with Gasteiger partial charge < -0.3 is 24.7 Å². The fourth-order valence-electron chi connectivity index (χ4n) is 4.49. The third-order valence-electron chi connectivity index (χ3n) is 6.54. The first kappa shape index (κ1) is 28.3. The molecule has 0 aromatic heterocycles. The molecule has 0 saturated carbocycles. The molecule has 0 fully saturated rings. The van der Waals surface area contributed by atoms with Gasteiger partial charge in [0.2, 0.25) is 5.88 Å². The lowest BCUT2D eigenvalue weighted by atomic mass is 9.83. The maximum atomic E-state index is 13.2. The van der Waals surface area contributed by atoms with Gasteiger partial charge in [-0.2, -0.15) is 5.26 Å². The highest BCUT2D eigenvalue weighted by Crippen LogP contribution is 2.45. The van der Waals surface area contributed by atoms with Crippen LogP contribution in [0.2, 0.25) is 5.02 Å². The molecule has 1 unspecified atom stereocenters. The monoisotopic (exact) mass is 582 g/mol. The zero-order chi connectivity index (χ0) is 29.6. The third-order valence-corrected chi connectivity index (χ3v) is 6.89. The number of carbonyl (C=O) groups excluding carboxylic acids is 1. The molecular weight excluding hydrogens is 559 g/mol. The Morgan fingerprint density at radius 1 is 1.07 bits per heavy atom. The summed E-state index contributed by atoms with van der Waals surface area (Å²) >= 11 is 6.14. The van der Waals surface area contributed by atoms with Crippen LogP contribution in [0, 0.1) is 17.1 Å². The molecule has 4 aromatic rings. The van der Waals surface area contributed by atoms with E-state index in [1.54, 1.807) is 72.8 Å². The van der Waals surface area contributed by atoms with Crippen molar-refractivity contribution in [3.8, 4) is 29.1 Å². The largest absolute Gasteiger partial charge is 0.493 e. The van der Waals surface area contributed by atoms with Gasteiger partial charge in [0, 0.05) is 22.7 Å². The van der Waals surface area contributed by atoms with Crippen LogP contribution in [0.4, 0.5) is 4.39 Å². The Labute approximate surface area is 246 Å². The van der Waals surface area contributed by atoms with Gasteiger partial charge in [-0.15, -0.1) is 0 Å². The van der Waals surface area contributed by atoms with Gasteiger partial charge in [0.1, 0.15) is 35.6 Å². The van der Waals surface area contributed by atoms with E-state index in [1.165, 1.54) is 25.3 Å². The standard InChI is InChI=1S/C33H24ClFN2O5/c1-39-30-16-22(8-14-28(30)40-19-20-6-10-23(35)11-7-20)32-25-13-12-24(17-29(25)42-33(37)26(32)18-36)41-31(38)15-9-21-4-2-3-5-27(21)34/h2-17,32H,19,37H2,1H3/b15-9+. The highest BCUT2D eigenvalue weighted by atomic mass is 35.5. The molecule has 0 bridgehead atoms. The maximum Gasteiger partial charge on any atom is 0.336 e. The fraction of sp³-hybridized carbons (Fsp3) is 0.0909. The van der Waals surface area contributed by atoms with Gasteiger partial charge in [-0.1, -0.05) is 54.1 Å². The zero-order valence-corrected chi connectivity index (χ0v) is 23.1. The summed E-state index contributed by atoms with van der Waals surface area (Å²) in [4.78, 5) is 12.5. The molecule has 1 aliphatic rings. The molecular formula is C33H24ClFN2O5. The number of ether oxygens (including phenoxy) is 4. The normalized spacial score (nSPS) is 14.1. The minimum atomic E-state index is -0.607. The molecule has 1 atom stereocenters. The van der Waals surface area contributed by atoms with Gasteiger partial charge in [-0.05, 0) is 59.2 Å². The van der Waals surface area contributed by atoms with Crippen LogP contribution in [0.1, 0.15) is 28.2 Å². The number of halogens is 2. The predicted molar refractivity (Wildman–Crippen MR) is 156 cm³/mol. The van der Waals surface area contributed by atoms with Crippen LogP contribution in [0.3, 0.4) is 0 Å². The van der Waals surface area contributed by atoms with Crippen molar-refractivity contribution in [2.45, 2.75) is 12.5 Å². The highest BCUT2D eigenvalue weighted by Gasteiger charge is 2.31. The van der Waals surface area contributed by atoms with Crippen molar-refractivity contribution in [3.05, 3.63) is 136 Å². The first-order valence-corrected chi connectivity index (χ1v) is 13.1. The van der Waals surface area contributed by atoms with Crippen molar-refractivity contribution in [2.75, 3.05) is 7.11 Å². The van der Waals surface area contributed by atoms with Gasteiger partial charge in [0.05, 0.1) is 13.0 Å². The topological polar surface area (TPSA) is 104 Å². The predicted octanol–water partition coefficient (Wildman–Crippen LogP) is 6.90. The molecule has 0 radical (unpaired) electrons. The van der Waals surface area contributed by atoms with Crippen LogP contribution in [-0.4, -0.2) is 13.1 Å². The number of esters is 1. The molecule has 0 aliphatic carbocycles. The van der Waals surface area contributed by atoms with Crippen molar-refractivity contribution in [3.63, 3.8) is 0 Å². The summed E-state index contributed by atoms with van der Waals surface area (Å²) in [6.07, 6.45) is 2.84. The number of carbonyl (C=O) groups is 1. The average molecular weight is 583 g/mol. The second-order valence-electron chi connectivity index (χ2n) is 9.23. The SMILES string of the molecule is COc1cc(C2C(C#N)=C(N)Oc3cc(OC(=O)/C=C/c4ccccc4Cl)ccc32)ccc1OCc1ccc(F)cc1. The van der Waals surface area contributed by atoms with Crippen LogP contribution < -0.4 is 24.7 Å². The maximum absolute atomic E-state index is 13.2. The molecule has 210 valence electrons. The molecule has 4 aromatic carbocycles. The Hall–Kier alpha value is -5.26. The van der Waals surface area contributed by atoms with E-state index in [1.807, 2.05) is 6.07 Å². The number of benzene rings is 4. The summed E-state index contributed by atoms with van der Waals surface area (Å²) in [7, 11) is 1.51. The van der Waals surface area contributed by atoms with Crippen molar-refractivity contribution >= 4 is 23.6 Å². The third kappa shape index (κ3) is 6.22. The summed E-state index contributed by atoms with van der Waals surface area (Å²) in [5.41, 5.74) is 9.20. The Balaban J connectivity index is 1.39. The van der Waals surface area contributed by atoms with Gasteiger partial charge in [0.25, 0.3) is 0 Å². The molecule has 0 saturated heterocycles. The van der Waals surface area contributed by atoms with Gasteiger partial charge in [-0.3, -0.25) is 0 Å². The highest BCUT2D eigenvalue weighted by molar-refractivity contribution is 6.32. The number of rotatable bonds is 8. The van der Waals surface area contributed by atoms with Crippen molar-refractivity contribution in [1.29, 1.82) is 5.26 Å². The summed E-state index contributed by atoms with van der Waals surface area (Å²) in [5, 5.41) is 10.4. The number of nitrogens with two attached hydrogens (primary N) is 1. The van der Waals surface area contributed by atoms with Crippen molar-refractivity contribution in [2.24, 2.45) is 5.73 Å². The van der Waals surface area contributed by atoms with Crippen LogP contribution in [0.5, 0.6) is 23.0 Å². The summed E-state index contributed by atoms with van der Waals surface area (Å²) in [5.74, 6) is -0.0895. The summed E-state index contributed by atoms with van der Waals surface area (Å²) < 4.78 is 35.9. The molecule has 1 aliphatic heterocycles. The molecule has 7 nitrogen and oxygen atoms in total. The Morgan fingerprint density at radius 3 is 2.60 bits per heavy atom. The number of nitriles is 1. The second-order valence-corrected chi connectivity index (χ2v) is 9.63.